The lowest BCUT2D eigenvalue weighted by Gasteiger charge is -2.27. The van der Waals surface area contributed by atoms with Crippen molar-refractivity contribution in [2.24, 2.45) is 0 Å². The minimum atomic E-state index is -0.0659. The minimum absolute atomic E-state index is 0.0659. The van der Waals surface area contributed by atoms with E-state index < -0.39 is 0 Å². The summed E-state index contributed by atoms with van der Waals surface area (Å²) in [7, 11) is 0. The fourth-order valence-electron chi connectivity index (χ4n) is 8.40. The minimum Gasteiger partial charge on any atom is -0.310 e. The SMILES string of the molecule is CC1(C)c2ccc(N(c3ccccc3)c3ccc(-c4ccc(-n5c6ccccc6c6ccccc65)cc4)cc3)cc2-c2cc3ccccc3cc21. The van der Waals surface area contributed by atoms with Crippen LogP contribution in [0.5, 0.6) is 0 Å². The lowest BCUT2D eigenvalue weighted by molar-refractivity contribution is 0.661. The molecular formula is C49H36N2. The van der Waals surface area contributed by atoms with E-state index in [1.54, 1.807) is 0 Å². The quantitative estimate of drug-likeness (QED) is 0.180. The van der Waals surface area contributed by atoms with Gasteiger partial charge in [0.15, 0.2) is 0 Å². The van der Waals surface area contributed by atoms with E-state index in [0.29, 0.717) is 0 Å². The number of rotatable bonds is 5. The number of benzene rings is 8. The van der Waals surface area contributed by atoms with E-state index in [-0.39, 0.29) is 5.41 Å². The third kappa shape index (κ3) is 4.64. The van der Waals surface area contributed by atoms with Crippen molar-refractivity contribution in [3.8, 4) is 27.9 Å². The molecule has 0 fully saturated rings. The molecule has 0 unspecified atom stereocenters. The summed E-state index contributed by atoms with van der Waals surface area (Å²) in [6.45, 7) is 4.71. The summed E-state index contributed by atoms with van der Waals surface area (Å²) < 4.78 is 2.37. The van der Waals surface area contributed by atoms with Gasteiger partial charge in [-0.25, -0.2) is 0 Å². The molecule has 1 aromatic heterocycles. The number of aromatic nitrogens is 1. The Morgan fingerprint density at radius 2 is 0.922 bits per heavy atom. The first-order chi connectivity index (χ1) is 25.0. The largest absolute Gasteiger partial charge is 0.310 e. The van der Waals surface area contributed by atoms with Gasteiger partial charge < -0.3 is 9.47 Å². The lowest BCUT2D eigenvalue weighted by atomic mass is 9.82. The molecule has 1 aliphatic rings. The molecule has 0 atom stereocenters. The molecule has 1 aliphatic carbocycles. The van der Waals surface area contributed by atoms with Crippen molar-refractivity contribution < 1.29 is 0 Å². The Morgan fingerprint density at radius 3 is 1.59 bits per heavy atom. The Kier molecular flexibility index (Phi) is 6.56. The number of hydrogen-bond donors (Lipinski definition) is 0. The molecule has 10 rings (SSSR count). The molecule has 0 N–H and O–H groups in total. The maximum atomic E-state index is 2.40. The maximum Gasteiger partial charge on any atom is 0.0541 e. The van der Waals surface area contributed by atoms with Gasteiger partial charge in [0.1, 0.15) is 0 Å². The molecule has 0 radical (unpaired) electrons. The summed E-state index contributed by atoms with van der Waals surface area (Å²) in [5.41, 5.74) is 14.8. The van der Waals surface area contributed by atoms with E-state index in [9.17, 15) is 0 Å². The number of fused-ring (bicyclic) bond motifs is 7. The molecule has 0 saturated carbocycles. The second-order valence-electron chi connectivity index (χ2n) is 14.2. The van der Waals surface area contributed by atoms with Gasteiger partial charge in [0, 0.05) is 38.9 Å². The topological polar surface area (TPSA) is 8.17 Å². The summed E-state index contributed by atoms with van der Waals surface area (Å²) in [5.74, 6) is 0. The third-order valence-electron chi connectivity index (χ3n) is 11.0. The summed E-state index contributed by atoms with van der Waals surface area (Å²) in [4.78, 5) is 2.38. The van der Waals surface area contributed by atoms with Gasteiger partial charge >= 0.3 is 0 Å². The molecule has 8 aromatic carbocycles. The average molecular weight is 653 g/mol. The molecule has 0 bridgehead atoms. The first-order valence-corrected chi connectivity index (χ1v) is 17.8. The smallest absolute Gasteiger partial charge is 0.0541 e. The molecule has 0 spiro atoms. The standard InChI is InChI=1S/C49H36N2/c1-49(2)45-29-28-40(32-44(45)43-30-35-12-6-7-13-36(35)31-46(43)49)50(37-14-4-3-5-15-37)38-24-20-33(21-25-38)34-22-26-39(27-23-34)51-47-18-10-8-16-41(47)42-17-9-11-19-48(42)51/h3-32H,1-2H3. The zero-order valence-electron chi connectivity index (χ0n) is 28.7. The Morgan fingerprint density at radius 1 is 0.412 bits per heavy atom. The number of hydrogen-bond acceptors (Lipinski definition) is 1. The van der Waals surface area contributed by atoms with E-state index in [2.05, 4.69) is 205 Å². The Labute approximate surface area is 298 Å². The molecule has 0 saturated heterocycles. The van der Waals surface area contributed by atoms with E-state index in [1.165, 1.54) is 66.0 Å². The molecule has 2 nitrogen and oxygen atoms in total. The Hall–Kier alpha value is -6.38. The highest BCUT2D eigenvalue weighted by Gasteiger charge is 2.36. The first kappa shape index (κ1) is 29.5. The lowest BCUT2D eigenvalue weighted by Crippen LogP contribution is -2.15. The average Bonchev–Trinajstić information content (AvgIpc) is 3.63. The highest BCUT2D eigenvalue weighted by atomic mass is 15.1. The van der Waals surface area contributed by atoms with E-state index in [1.807, 2.05) is 0 Å². The van der Waals surface area contributed by atoms with E-state index in [4.69, 9.17) is 0 Å². The van der Waals surface area contributed by atoms with Gasteiger partial charge in [-0.15, -0.1) is 0 Å². The van der Waals surface area contributed by atoms with Gasteiger partial charge in [-0.1, -0.05) is 123 Å². The van der Waals surface area contributed by atoms with Gasteiger partial charge in [0.25, 0.3) is 0 Å². The van der Waals surface area contributed by atoms with Gasteiger partial charge in [-0.05, 0) is 117 Å². The molecule has 1 heterocycles. The van der Waals surface area contributed by atoms with Gasteiger partial charge in [-0.2, -0.15) is 0 Å². The third-order valence-corrected chi connectivity index (χ3v) is 11.0. The van der Waals surface area contributed by atoms with Crippen molar-refractivity contribution in [3.63, 3.8) is 0 Å². The van der Waals surface area contributed by atoms with Crippen LogP contribution in [-0.4, -0.2) is 4.57 Å². The van der Waals surface area contributed by atoms with Crippen molar-refractivity contribution >= 4 is 49.6 Å². The summed E-state index contributed by atoms with van der Waals surface area (Å²) in [6.07, 6.45) is 0. The zero-order valence-corrected chi connectivity index (χ0v) is 28.7. The van der Waals surface area contributed by atoms with Crippen LogP contribution in [0.3, 0.4) is 0 Å². The predicted octanol–water partition coefficient (Wildman–Crippen LogP) is 13.4. The van der Waals surface area contributed by atoms with Gasteiger partial charge in [-0.3, -0.25) is 0 Å². The van der Waals surface area contributed by atoms with Crippen LogP contribution in [-0.2, 0) is 5.41 Å². The molecule has 51 heavy (non-hydrogen) atoms. The Balaban J connectivity index is 1.03. The molecule has 242 valence electrons. The van der Waals surface area contributed by atoms with Crippen LogP contribution in [0.4, 0.5) is 17.1 Å². The molecule has 0 aliphatic heterocycles. The van der Waals surface area contributed by atoms with Crippen molar-refractivity contribution in [1.29, 1.82) is 0 Å². The highest BCUT2D eigenvalue weighted by molar-refractivity contribution is 6.09. The van der Waals surface area contributed by atoms with Gasteiger partial charge in [0.2, 0.25) is 0 Å². The van der Waals surface area contributed by atoms with Crippen molar-refractivity contribution in [1.82, 2.24) is 4.57 Å². The summed E-state index contributed by atoms with van der Waals surface area (Å²) in [5, 5.41) is 5.13. The fourth-order valence-corrected chi connectivity index (χ4v) is 8.40. The second-order valence-corrected chi connectivity index (χ2v) is 14.2. The van der Waals surface area contributed by atoms with Crippen LogP contribution in [0.15, 0.2) is 182 Å². The Bertz CT molecular complexity index is 2700. The number of para-hydroxylation sites is 3. The van der Waals surface area contributed by atoms with Crippen molar-refractivity contribution in [2.75, 3.05) is 4.90 Å². The van der Waals surface area contributed by atoms with Crippen molar-refractivity contribution in [2.45, 2.75) is 19.3 Å². The molecule has 2 heteroatoms. The molecule has 0 amide bonds. The number of anilines is 3. The van der Waals surface area contributed by atoms with Crippen LogP contribution in [0.1, 0.15) is 25.0 Å². The fraction of sp³-hybridized carbons (Fsp3) is 0.0612. The predicted molar refractivity (Wildman–Crippen MR) is 216 cm³/mol. The normalized spacial score (nSPS) is 13.1. The summed E-state index contributed by atoms with van der Waals surface area (Å²) in [6, 6.07) is 66.5. The van der Waals surface area contributed by atoms with Crippen LogP contribution >= 0.6 is 0 Å². The van der Waals surface area contributed by atoms with Crippen LogP contribution in [0.2, 0.25) is 0 Å². The highest BCUT2D eigenvalue weighted by Crippen LogP contribution is 2.51. The monoisotopic (exact) mass is 652 g/mol. The molecular weight excluding hydrogens is 617 g/mol. The molecule has 9 aromatic rings. The van der Waals surface area contributed by atoms with Crippen LogP contribution in [0.25, 0.3) is 60.5 Å². The van der Waals surface area contributed by atoms with Crippen molar-refractivity contribution in [3.05, 3.63) is 193 Å². The number of nitrogens with zero attached hydrogens (tertiary/aromatic N) is 2. The van der Waals surface area contributed by atoms with E-state index in [0.717, 1.165) is 22.7 Å². The maximum absolute atomic E-state index is 2.40. The second kappa shape index (κ2) is 11.3. The summed E-state index contributed by atoms with van der Waals surface area (Å²) >= 11 is 0. The van der Waals surface area contributed by atoms with Crippen LogP contribution in [0, 0.1) is 0 Å². The van der Waals surface area contributed by atoms with E-state index >= 15 is 0 Å². The van der Waals surface area contributed by atoms with Crippen LogP contribution < -0.4 is 4.90 Å². The zero-order chi connectivity index (χ0) is 34.1. The first-order valence-electron chi connectivity index (χ1n) is 17.8. The van der Waals surface area contributed by atoms with Gasteiger partial charge in [0.05, 0.1) is 11.0 Å².